The molecule has 0 aliphatic heterocycles. The zero-order valence-electron chi connectivity index (χ0n) is 17.1. The van der Waals surface area contributed by atoms with Crippen LogP contribution in [0.5, 0.6) is 11.5 Å². The molecular formula is C23H23FN2O4. The highest BCUT2D eigenvalue weighted by atomic mass is 19.1. The quantitative estimate of drug-likeness (QED) is 0.559. The number of nitrogens with zero attached hydrogens (tertiary/aromatic N) is 1. The van der Waals surface area contributed by atoms with Crippen LogP contribution in [0.25, 0.3) is 6.08 Å². The normalized spacial score (nSPS) is 10.9. The van der Waals surface area contributed by atoms with E-state index in [0.29, 0.717) is 24.7 Å². The Kier molecular flexibility index (Phi) is 6.85. The van der Waals surface area contributed by atoms with Crippen molar-refractivity contribution >= 4 is 12.0 Å². The average molecular weight is 410 g/mol. The van der Waals surface area contributed by atoms with Gasteiger partial charge in [0, 0.05) is 12.6 Å². The van der Waals surface area contributed by atoms with Gasteiger partial charge in [-0.1, -0.05) is 23.4 Å². The van der Waals surface area contributed by atoms with E-state index in [0.717, 1.165) is 28.1 Å². The van der Waals surface area contributed by atoms with Crippen LogP contribution in [0.2, 0.25) is 0 Å². The number of hydrogen-bond acceptors (Lipinski definition) is 5. The first-order valence-corrected chi connectivity index (χ1v) is 9.39. The third-order valence-electron chi connectivity index (χ3n) is 4.55. The van der Waals surface area contributed by atoms with E-state index in [2.05, 4.69) is 10.5 Å². The van der Waals surface area contributed by atoms with Crippen molar-refractivity contribution in [3.05, 3.63) is 82.5 Å². The van der Waals surface area contributed by atoms with Crippen molar-refractivity contribution in [2.24, 2.45) is 0 Å². The molecule has 0 unspecified atom stereocenters. The SMILES string of the molecule is COc1cc(/C=C/C(=O)NCc2ccc(F)cc2)ccc1OCc1c(C)noc1C. The van der Waals surface area contributed by atoms with Crippen molar-refractivity contribution < 1.29 is 23.2 Å². The van der Waals surface area contributed by atoms with E-state index in [-0.39, 0.29) is 11.7 Å². The number of hydrogen-bond donors (Lipinski definition) is 1. The molecule has 0 aliphatic rings. The summed E-state index contributed by atoms with van der Waals surface area (Å²) in [7, 11) is 1.56. The standard InChI is InChI=1S/C23H23FN2O4/c1-15-20(16(2)30-26-15)14-29-21-10-6-17(12-22(21)28-3)7-11-23(27)25-13-18-4-8-19(24)9-5-18/h4-12H,13-14H2,1-3H3,(H,25,27)/b11-7+. The number of methoxy groups -OCH3 is 1. The molecule has 30 heavy (non-hydrogen) atoms. The largest absolute Gasteiger partial charge is 0.493 e. The summed E-state index contributed by atoms with van der Waals surface area (Å²) < 4.78 is 29.3. The lowest BCUT2D eigenvalue weighted by Gasteiger charge is -2.11. The first kappa shape index (κ1) is 21.1. The molecule has 2 aromatic carbocycles. The van der Waals surface area contributed by atoms with Gasteiger partial charge in [0.15, 0.2) is 11.5 Å². The highest BCUT2D eigenvalue weighted by Gasteiger charge is 2.12. The smallest absolute Gasteiger partial charge is 0.244 e. The summed E-state index contributed by atoms with van der Waals surface area (Å²) in [4.78, 5) is 12.0. The van der Waals surface area contributed by atoms with Gasteiger partial charge >= 0.3 is 0 Å². The van der Waals surface area contributed by atoms with Gasteiger partial charge in [-0.05, 0) is 55.3 Å². The van der Waals surface area contributed by atoms with Crippen LogP contribution in [0.3, 0.4) is 0 Å². The van der Waals surface area contributed by atoms with E-state index < -0.39 is 0 Å². The van der Waals surface area contributed by atoms with Gasteiger partial charge in [-0.3, -0.25) is 4.79 Å². The van der Waals surface area contributed by atoms with Crippen LogP contribution in [-0.4, -0.2) is 18.2 Å². The van der Waals surface area contributed by atoms with Crippen LogP contribution in [0.1, 0.15) is 28.1 Å². The molecular weight excluding hydrogens is 387 g/mol. The number of nitrogens with one attached hydrogen (secondary N) is 1. The molecule has 1 heterocycles. The highest BCUT2D eigenvalue weighted by Crippen LogP contribution is 2.30. The second kappa shape index (κ2) is 9.73. The van der Waals surface area contributed by atoms with Crippen molar-refractivity contribution in [2.75, 3.05) is 7.11 Å². The monoisotopic (exact) mass is 410 g/mol. The molecule has 0 radical (unpaired) electrons. The van der Waals surface area contributed by atoms with Gasteiger partial charge < -0.3 is 19.3 Å². The van der Waals surface area contributed by atoms with Crippen LogP contribution < -0.4 is 14.8 Å². The van der Waals surface area contributed by atoms with Crippen LogP contribution in [0.15, 0.2) is 53.1 Å². The van der Waals surface area contributed by atoms with Crippen molar-refractivity contribution in [3.8, 4) is 11.5 Å². The predicted octanol–water partition coefficient (Wildman–Crippen LogP) is 4.35. The van der Waals surface area contributed by atoms with Crippen molar-refractivity contribution in [1.82, 2.24) is 10.5 Å². The molecule has 1 aromatic heterocycles. The third kappa shape index (κ3) is 5.47. The fraction of sp³-hybridized carbons (Fsp3) is 0.217. The zero-order valence-corrected chi connectivity index (χ0v) is 17.1. The Bertz CT molecular complexity index is 1020. The first-order valence-electron chi connectivity index (χ1n) is 9.39. The molecule has 0 saturated carbocycles. The molecule has 0 aliphatic carbocycles. The second-order valence-corrected chi connectivity index (χ2v) is 6.68. The number of benzene rings is 2. The summed E-state index contributed by atoms with van der Waals surface area (Å²) in [5.74, 6) is 1.29. The first-order chi connectivity index (χ1) is 14.5. The summed E-state index contributed by atoms with van der Waals surface area (Å²) in [5.41, 5.74) is 3.30. The van der Waals surface area contributed by atoms with Gasteiger partial charge in [0.25, 0.3) is 0 Å². The van der Waals surface area contributed by atoms with E-state index in [4.69, 9.17) is 14.0 Å². The fourth-order valence-electron chi connectivity index (χ4n) is 2.79. The number of carbonyl (C=O) groups excluding carboxylic acids is 1. The van der Waals surface area contributed by atoms with E-state index in [9.17, 15) is 9.18 Å². The van der Waals surface area contributed by atoms with Gasteiger partial charge in [0.05, 0.1) is 18.4 Å². The van der Waals surface area contributed by atoms with Gasteiger partial charge in [0.2, 0.25) is 5.91 Å². The minimum Gasteiger partial charge on any atom is -0.493 e. The second-order valence-electron chi connectivity index (χ2n) is 6.68. The lowest BCUT2D eigenvalue weighted by molar-refractivity contribution is -0.116. The number of ether oxygens (including phenoxy) is 2. The Labute approximate surface area is 174 Å². The van der Waals surface area contributed by atoms with Crippen LogP contribution >= 0.6 is 0 Å². The molecule has 3 aromatic rings. The lowest BCUT2D eigenvalue weighted by Crippen LogP contribution is -2.20. The van der Waals surface area contributed by atoms with Crippen LogP contribution in [0.4, 0.5) is 4.39 Å². The van der Waals surface area contributed by atoms with Gasteiger partial charge in [-0.15, -0.1) is 0 Å². The maximum atomic E-state index is 12.9. The van der Waals surface area contributed by atoms with Crippen LogP contribution in [0, 0.1) is 19.7 Å². The van der Waals surface area contributed by atoms with Crippen molar-refractivity contribution in [2.45, 2.75) is 27.0 Å². The Morgan fingerprint density at radius 1 is 1.17 bits per heavy atom. The van der Waals surface area contributed by atoms with E-state index >= 15 is 0 Å². The predicted molar refractivity (Wildman–Crippen MR) is 111 cm³/mol. The number of aryl methyl sites for hydroxylation is 2. The van der Waals surface area contributed by atoms with E-state index in [1.807, 2.05) is 19.9 Å². The zero-order chi connectivity index (χ0) is 21.5. The molecule has 6 nitrogen and oxygen atoms in total. The Morgan fingerprint density at radius 3 is 2.60 bits per heavy atom. The van der Waals surface area contributed by atoms with Crippen LogP contribution in [-0.2, 0) is 17.9 Å². The highest BCUT2D eigenvalue weighted by molar-refractivity contribution is 5.91. The summed E-state index contributed by atoms with van der Waals surface area (Å²) in [6, 6.07) is 11.4. The van der Waals surface area contributed by atoms with Crippen molar-refractivity contribution in [1.29, 1.82) is 0 Å². The summed E-state index contributed by atoms with van der Waals surface area (Å²) in [6.07, 6.45) is 3.11. The van der Waals surface area contributed by atoms with Gasteiger partial charge in [0.1, 0.15) is 18.2 Å². The molecule has 1 amide bonds. The van der Waals surface area contributed by atoms with Gasteiger partial charge in [-0.2, -0.15) is 0 Å². The molecule has 7 heteroatoms. The topological polar surface area (TPSA) is 73.6 Å². The average Bonchev–Trinajstić information content (AvgIpc) is 3.07. The number of amides is 1. The molecule has 0 atom stereocenters. The van der Waals surface area contributed by atoms with E-state index in [1.165, 1.54) is 18.2 Å². The summed E-state index contributed by atoms with van der Waals surface area (Å²) in [5, 5.41) is 6.67. The lowest BCUT2D eigenvalue weighted by atomic mass is 10.1. The molecule has 0 fully saturated rings. The molecule has 0 spiro atoms. The Hall–Kier alpha value is -3.61. The third-order valence-corrected chi connectivity index (χ3v) is 4.55. The van der Waals surface area contributed by atoms with E-state index in [1.54, 1.807) is 37.5 Å². The fourth-order valence-corrected chi connectivity index (χ4v) is 2.79. The molecule has 0 saturated heterocycles. The van der Waals surface area contributed by atoms with Gasteiger partial charge in [-0.25, -0.2) is 4.39 Å². The number of carbonyl (C=O) groups is 1. The molecule has 0 bridgehead atoms. The summed E-state index contributed by atoms with van der Waals surface area (Å²) >= 11 is 0. The molecule has 156 valence electrons. The molecule has 1 N–H and O–H groups in total. The maximum absolute atomic E-state index is 12.9. The van der Waals surface area contributed by atoms with Crippen molar-refractivity contribution in [3.63, 3.8) is 0 Å². The maximum Gasteiger partial charge on any atom is 0.244 e. The Balaban J connectivity index is 1.59. The number of halogens is 1. The minimum atomic E-state index is -0.307. The minimum absolute atomic E-state index is 0.253. The molecule has 3 rings (SSSR count). The number of aromatic nitrogens is 1. The Morgan fingerprint density at radius 2 is 1.93 bits per heavy atom. The summed E-state index contributed by atoms with van der Waals surface area (Å²) in [6.45, 7) is 4.34. The number of rotatable bonds is 8.